The van der Waals surface area contributed by atoms with Crippen molar-refractivity contribution in [1.29, 1.82) is 0 Å². The van der Waals surface area contributed by atoms with E-state index < -0.39 is 0 Å². The molecule has 2 aromatic rings. The van der Waals surface area contributed by atoms with Crippen LogP contribution in [0, 0.1) is 0 Å². The predicted octanol–water partition coefficient (Wildman–Crippen LogP) is 2.10. The first kappa shape index (κ1) is 10.7. The highest BCUT2D eigenvalue weighted by molar-refractivity contribution is 6.30. The van der Waals surface area contributed by atoms with E-state index in [2.05, 4.69) is 5.10 Å². The number of rotatable bonds is 4. The largest absolute Gasteiger partial charge is 0.483 e. The van der Waals surface area contributed by atoms with Gasteiger partial charge in [-0.25, -0.2) is 4.68 Å². The fourth-order valence-corrected chi connectivity index (χ4v) is 1.37. The lowest BCUT2D eigenvalue weighted by atomic mass is 10.3. The van der Waals surface area contributed by atoms with Crippen molar-refractivity contribution in [3.8, 4) is 11.4 Å². The second-order valence-corrected chi connectivity index (χ2v) is 3.51. The molecule has 0 unspecified atom stereocenters. The standard InChI is InChI=1S/C11H9ClN2O2/c12-9-1-3-10(4-2-9)14-8-11(7-13-14)16-6-5-15/h1-5,7-8H,6H2. The van der Waals surface area contributed by atoms with Crippen LogP contribution in [0.3, 0.4) is 0 Å². The Balaban J connectivity index is 2.17. The quantitative estimate of drug-likeness (QED) is 0.764. The minimum atomic E-state index is 0.0340. The minimum Gasteiger partial charge on any atom is -0.483 e. The Kier molecular flexibility index (Phi) is 3.22. The third kappa shape index (κ3) is 2.41. The Hall–Kier alpha value is -1.81. The van der Waals surface area contributed by atoms with Crippen molar-refractivity contribution in [2.45, 2.75) is 0 Å². The summed E-state index contributed by atoms with van der Waals surface area (Å²) in [7, 11) is 0. The van der Waals surface area contributed by atoms with Crippen LogP contribution in [0.1, 0.15) is 0 Å². The lowest BCUT2D eigenvalue weighted by molar-refractivity contribution is -0.109. The Morgan fingerprint density at radius 2 is 2.12 bits per heavy atom. The van der Waals surface area contributed by atoms with Crippen LogP contribution in [-0.4, -0.2) is 22.7 Å². The molecule has 0 radical (unpaired) electrons. The van der Waals surface area contributed by atoms with Crippen molar-refractivity contribution < 1.29 is 9.53 Å². The van der Waals surface area contributed by atoms with Crippen molar-refractivity contribution in [2.24, 2.45) is 0 Å². The van der Waals surface area contributed by atoms with Crippen LogP contribution in [-0.2, 0) is 4.79 Å². The summed E-state index contributed by atoms with van der Waals surface area (Å²) < 4.78 is 6.75. The van der Waals surface area contributed by atoms with Crippen LogP contribution in [0.15, 0.2) is 36.7 Å². The highest BCUT2D eigenvalue weighted by atomic mass is 35.5. The summed E-state index contributed by atoms with van der Waals surface area (Å²) in [5.74, 6) is 0.557. The highest BCUT2D eigenvalue weighted by Crippen LogP contribution is 2.15. The maximum Gasteiger partial charge on any atom is 0.158 e. The minimum absolute atomic E-state index is 0.0340. The number of nitrogens with zero attached hydrogens (tertiary/aromatic N) is 2. The summed E-state index contributed by atoms with van der Waals surface area (Å²) in [5, 5.41) is 4.78. The molecule has 0 spiro atoms. The maximum atomic E-state index is 10.1. The van der Waals surface area contributed by atoms with E-state index in [1.54, 1.807) is 29.2 Å². The number of halogens is 1. The first-order chi connectivity index (χ1) is 7.79. The molecule has 0 amide bonds. The fraction of sp³-hybridized carbons (Fsp3) is 0.0909. The molecular formula is C11H9ClN2O2. The van der Waals surface area contributed by atoms with Gasteiger partial charge in [0.15, 0.2) is 12.0 Å². The molecular weight excluding hydrogens is 228 g/mol. The van der Waals surface area contributed by atoms with E-state index in [0.29, 0.717) is 17.1 Å². The zero-order valence-corrected chi connectivity index (χ0v) is 9.09. The third-order valence-electron chi connectivity index (χ3n) is 1.97. The number of hydrogen-bond donors (Lipinski definition) is 0. The lowest BCUT2D eigenvalue weighted by Gasteiger charge is -2.00. The lowest BCUT2D eigenvalue weighted by Crippen LogP contribution is -1.96. The van der Waals surface area contributed by atoms with E-state index in [0.717, 1.165) is 5.69 Å². The van der Waals surface area contributed by atoms with Gasteiger partial charge in [-0.05, 0) is 24.3 Å². The second kappa shape index (κ2) is 4.81. The summed E-state index contributed by atoms with van der Waals surface area (Å²) in [6.07, 6.45) is 3.95. The van der Waals surface area contributed by atoms with E-state index in [9.17, 15) is 4.79 Å². The van der Waals surface area contributed by atoms with Crippen LogP contribution in [0.25, 0.3) is 5.69 Å². The summed E-state index contributed by atoms with van der Waals surface area (Å²) in [5.41, 5.74) is 0.880. The van der Waals surface area contributed by atoms with Gasteiger partial charge in [0, 0.05) is 5.02 Å². The molecule has 1 aromatic heterocycles. The van der Waals surface area contributed by atoms with E-state index in [1.165, 1.54) is 0 Å². The van der Waals surface area contributed by atoms with Gasteiger partial charge >= 0.3 is 0 Å². The Labute approximate surface area is 97.4 Å². The number of aromatic nitrogens is 2. The number of hydrogen-bond acceptors (Lipinski definition) is 3. The molecule has 0 N–H and O–H groups in total. The molecule has 2 rings (SSSR count). The Morgan fingerprint density at radius 1 is 1.38 bits per heavy atom. The van der Waals surface area contributed by atoms with E-state index in [4.69, 9.17) is 16.3 Å². The number of benzene rings is 1. The van der Waals surface area contributed by atoms with Gasteiger partial charge in [0.05, 0.1) is 18.1 Å². The van der Waals surface area contributed by atoms with Crippen LogP contribution >= 0.6 is 11.6 Å². The SMILES string of the molecule is O=CCOc1cnn(-c2ccc(Cl)cc2)c1. The van der Waals surface area contributed by atoms with Gasteiger partial charge < -0.3 is 4.74 Å². The molecule has 0 bridgehead atoms. The molecule has 82 valence electrons. The number of aldehydes is 1. The maximum absolute atomic E-state index is 10.1. The van der Waals surface area contributed by atoms with Crippen LogP contribution < -0.4 is 4.74 Å². The molecule has 0 saturated heterocycles. The van der Waals surface area contributed by atoms with Gasteiger partial charge in [0.25, 0.3) is 0 Å². The van der Waals surface area contributed by atoms with Gasteiger partial charge in [0.2, 0.25) is 0 Å². The third-order valence-corrected chi connectivity index (χ3v) is 2.22. The molecule has 0 aliphatic carbocycles. The molecule has 0 aliphatic heterocycles. The number of carbonyl (C=O) groups excluding carboxylic acids is 1. The zero-order valence-electron chi connectivity index (χ0n) is 8.34. The predicted molar refractivity (Wildman–Crippen MR) is 60.1 cm³/mol. The van der Waals surface area contributed by atoms with Gasteiger partial charge in [-0.15, -0.1) is 0 Å². The van der Waals surface area contributed by atoms with E-state index in [1.807, 2.05) is 12.1 Å². The molecule has 16 heavy (non-hydrogen) atoms. The number of carbonyl (C=O) groups is 1. The smallest absolute Gasteiger partial charge is 0.158 e. The van der Waals surface area contributed by atoms with Crippen molar-refractivity contribution in [3.05, 3.63) is 41.7 Å². The molecule has 1 heterocycles. The highest BCUT2D eigenvalue weighted by Gasteiger charge is 2.01. The fourth-order valence-electron chi connectivity index (χ4n) is 1.25. The van der Waals surface area contributed by atoms with E-state index in [-0.39, 0.29) is 6.61 Å². The first-order valence-electron chi connectivity index (χ1n) is 4.66. The van der Waals surface area contributed by atoms with Crippen LogP contribution in [0.5, 0.6) is 5.75 Å². The molecule has 1 aromatic carbocycles. The second-order valence-electron chi connectivity index (χ2n) is 3.07. The van der Waals surface area contributed by atoms with Crippen LogP contribution in [0.4, 0.5) is 0 Å². The van der Waals surface area contributed by atoms with Crippen LogP contribution in [0.2, 0.25) is 5.02 Å². The summed E-state index contributed by atoms with van der Waals surface area (Å²) in [6, 6.07) is 7.26. The summed E-state index contributed by atoms with van der Waals surface area (Å²) in [6.45, 7) is 0.0340. The van der Waals surface area contributed by atoms with Crippen molar-refractivity contribution in [1.82, 2.24) is 9.78 Å². The van der Waals surface area contributed by atoms with Gasteiger partial charge in [-0.3, -0.25) is 4.79 Å². The van der Waals surface area contributed by atoms with Crippen molar-refractivity contribution >= 4 is 17.9 Å². The first-order valence-corrected chi connectivity index (χ1v) is 5.04. The Morgan fingerprint density at radius 3 is 2.81 bits per heavy atom. The average Bonchev–Trinajstić information content (AvgIpc) is 2.76. The molecule has 0 atom stereocenters. The molecule has 0 saturated carbocycles. The van der Waals surface area contributed by atoms with Gasteiger partial charge in [-0.1, -0.05) is 11.6 Å². The normalized spacial score (nSPS) is 10.1. The monoisotopic (exact) mass is 236 g/mol. The van der Waals surface area contributed by atoms with Crippen molar-refractivity contribution in [3.63, 3.8) is 0 Å². The molecule has 0 fully saturated rings. The summed E-state index contributed by atoms with van der Waals surface area (Å²) in [4.78, 5) is 10.1. The Bertz CT molecular complexity index is 479. The van der Waals surface area contributed by atoms with E-state index >= 15 is 0 Å². The molecule has 0 aliphatic rings. The topological polar surface area (TPSA) is 44.1 Å². The molecule has 5 heteroatoms. The zero-order chi connectivity index (χ0) is 11.4. The number of ether oxygens (including phenoxy) is 1. The van der Waals surface area contributed by atoms with Gasteiger partial charge in [0.1, 0.15) is 6.61 Å². The molecule has 4 nitrogen and oxygen atoms in total. The van der Waals surface area contributed by atoms with Crippen molar-refractivity contribution in [2.75, 3.05) is 6.61 Å². The average molecular weight is 237 g/mol. The summed E-state index contributed by atoms with van der Waals surface area (Å²) >= 11 is 5.78. The van der Waals surface area contributed by atoms with Gasteiger partial charge in [-0.2, -0.15) is 5.10 Å².